The van der Waals surface area contributed by atoms with Crippen molar-refractivity contribution in [2.45, 2.75) is 25.6 Å². The Bertz CT molecular complexity index is 693. The highest BCUT2D eigenvalue weighted by Gasteiger charge is 2.38. The smallest absolute Gasteiger partial charge is 0.339 e. The Morgan fingerprint density at radius 3 is 2.62 bits per heavy atom. The average Bonchev–Trinajstić information content (AvgIpc) is 3.07. The van der Waals surface area contributed by atoms with E-state index in [0.717, 1.165) is 6.20 Å². The molecule has 2 aromatic rings. The van der Waals surface area contributed by atoms with Crippen LogP contribution in [0, 0.1) is 5.92 Å². The predicted octanol–water partition coefficient (Wildman–Crippen LogP) is 2.24. The summed E-state index contributed by atoms with van der Waals surface area (Å²) in [6.07, 6.45) is 1.20. The molecule has 0 bridgehead atoms. The lowest BCUT2D eigenvalue weighted by molar-refractivity contribution is -0.141. The first-order valence-electron chi connectivity index (χ1n) is 7.60. The van der Waals surface area contributed by atoms with Gasteiger partial charge in [0.1, 0.15) is 0 Å². The summed E-state index contributed by atoms with van der Waals surface area (Å²) >= 11 is 0. The minimum Gasteiger partial charge on any atom is -0.339 e. The van der Waals surface area contributed by atoms with Gasteiger partial charge in [0.25, 0.3) is 5.91 Å². The van der Waals surface area contributed by atoms with Crippen molar-refractivity contribution < 1.29 is 18.0 Å². The molecule has 0 atom stereocenters. The van der Waals surface area contributed by atoms with Crippen molar-refractivity contribution in [3.63, 3.8) is 0 Å². The summed E-state index contributed by atoms with van der Waals surface area (Å²) in [6, 6.07) is 2.53. The van der Waals surface area contributed by atoms with Crippen molar-refractivity contribution >= 4 is 5.91 Å². The zero-order chi connectivity index (χ0) is 17.2. The van der Waals surface area contributed by atoms with Gasteiger partial charge in [-0.1, -0.05) is 5.21 Å². The van der Waals surface area contributed by atoms with Crippen molar-refractivity contribution in [3.05, 3.63) is 42.0 Å². The maximum atomic E-state index is 13.0. The van der Waals surface area contributed by atoms with Crippen LogP contribution >= 0.6 is 0 Å². The number of rotatable bonds is 3. The van der Waals surface area contributed by atoms with Crippen LogP contribution in [0.25, 0.3) is 0 Å². The van der Waals surface area contributed by atoms with Gasteiger partial charge in [-0.25, -0.2) is 0 Å². The highest BCUT2D eigenvalue weighted by molar-refractivity contribution is 5.95. The number of aromatic nitrogens is 4. The highest BCUT2D eigenvalue weighted by Crippen LogP contribution is 2.31. The van der Waals surface area contributed by atoms with E-state index in [9.17, 15) is 18.0 Å². The molecule has 0 N–H and O–H groups in total. The number of nitrogens with zero attached hydrogens (tertiary/aromatic N) is 5. The Morgan fingerprint density at radius 1 is 1.25 bits per heavy atom. The van der Waals surface area contributed by atoms with Gasteiger partial charge in [-0.15, -0.1) is 5.10 Å². The van der Waals surface area contributed by atoms with Gasteiger partial charge in [0.2, 0.25) is 0 Å². The number of hydrogen-bond donors (Lipinski definition) is 0. The molecule has 3 rings (SSSR count). The molecule has 0 saturated carbocycles. The molecule has 1 aliphatic rings. The predicted molar refractivity (Wildman–Crippen MR) is 77.9 cm³/mol. The monoisotopic (exact) mass is 339 g/mol. The van der Waals surface area contributed by atoms with Crippen molar-refractivity contribution in [1.82, 2.24) is 24.9 Å². The third kappa shape index (κ3) is 3.55. The first-order chi connectivity index (χ1) is 11.4. The molecule has 128 valence electrons. The fourth-order valence-corrected chi connectivity index (χ4v) is 2.89. The lowest BCUT2D eigenvalue weighted by Gasteiger charge is -2.32. The quantitative estimate of drug-likeness (QED) is 0.860. The van der Waals surface area contributed by atoms with E-state index in [-0.39, 0.29) is 5.56 Å². The van der Waals surface area contributed by atoms with E-state index in [2.05, 4.69) is 15.3 Å². The lowest BCUT2D eigenvalue weighted by Crippen LogP contribution is -2.40. The molecule has 0 radical (unpaired) electrons. The molecular weight excluding hydrogens is 323 g/mol. The van der Waals surface area contributed by atoms with Crippen molar-refractivity contribution in [2.75, 3.05) is 13.1 Å². The van der Waals surface area contributed by atoms with Gasteiger partial charge in [0.15, 0.2) is 5.69 Å². The highest BCUT2D eigenvalue weighted by atomic mass is 19.4. The molecule has 1 aliphatic heterocycles. The van der Waals surface area contributed by atoms with Crippen LogP contribution in [-0.4, -0.2) is 43.9 Å². The standard InChI is InChI=1S/C15H16F3N5O/c16-15(17,18)13-12(2-1-5-19-13)14(24)22-7-3-11(4-8-22)10-23-9-6-20-21-23/h1-2,5-6,9,11H,3-4,7-8,10H2. The molecule has 0 aliphatic carbocycles. The Labute approximate surface area is 136 Å². The van der Waals surface area contributed by atoms with Crippen LogP contribution in [0.15, 0.2) is 30.7 Å². The Hall–Kier alpha value is -2.45. The topological polar surface area (TPSA) is 63.9 Å². The maximum Gasteiger partial charge on any atom is 0.434 e. The second kappa shape index (κ2) is 6.58. The van der Waals surface area contributed by atoms with Gasteiger partial charge in [-0.05, 0) is 30.9 Å². The summed E-state index contributed by atoms with van der Waals surface area (Å²) in [4.78, 5) is 17.3. The van der Waals surface area contributed by atoms with Gasteiger partial charge in [-0.2, -0.15) is 13.2 Å². The molecule has 0 aromatic carbocycles. The van der Waals surface area contributed by atoms with Gasteiger partial charge >= 0.3 is 6.18 Å². The summed E-state index contributed by atoms with van der Waals surface area (Å²) in [5, 5.41) is 7.64. The number of alkyl halides is 3. The Balaban J connectivity index is 1.66. The first-order valence-corrected chi connectivity index (χ1v) is 7.60. The summed E-state index contributed by atoms with van der Waals surface area (Å²) in [7, 11) is 0. The van der Waals surface area contributed by atoms with Crippen LogP contribution in [-0.2, 0) is 12.7 Å². The minimum absolute atomic E-state index is 0.326. The molecule has 1 fully saturated rings. The zero-order valence-electron chi connectivity index (χ0n) is 12.8. The van der Waals surface area contributed by atoms with Crippen LogP contribution in [0.2, 0.25) is 0 Å². The van der Waals surface area contributed by atoms with Gasteiger partial charge in [0.05, 0.1) is 11.8 Å². The molecular formula is C15H16F3N5O. The van der Waals surface area contributed by atoms with E-state index in [1.807, 2.05) is 0 Å². The number of pyridine rings is 1. The summed E-state index contributed by atoms with van der Waals surface area (Å²) in [6.45, 7) is 1.54. The number of carbonyl (C=O) groups excluding carboxylic acids is 1. The van der Waals surface area contributed by atoms with Crippen LogP contribution < -0.4 is 0 Å². The maximum absolute atomic E-state index is 13.0. The minimum atomic E-state index is -4.64. The van der Waals surface area contributed by atoms with Crippen molar-refractivity contribution in [2.24, 2.45) is 5.92 Å². The zero-order valence-corrected chi connectivity index (χ0v) is 12.8. The largest absolute Gasteiger partial charge is 0.434 e. The van der Waals surface area contributed by atoms with E-state index in [1.54, 1.807) is 17.1 Å². The van der Waals surface area contributed by atoms with Gasteiger partial charge in [0, 0.05) is 32.0 Å². The van der Waals surface area contributed by atoms with E-state index in [0.29, 0.717) is 38.4 Å². The first kappa shape index (κ1) is 16.4. The number of amides is 1. The van der Waals surface area contributed by atoms with Crippen molar-refractivity contribution in [3.8, 4) is 0 Å². The molecule has 0 spiro atoms. The Morgan fingerprint density at radius 2 is 2.00 bits per heavy atom. The molecule has 2 aromatic heterocycles. The van der Waals surface area contributed by atoms with Crippen molar-refractivity contribution in [1.29, 1.82) is 0 Å². The normalized spacial score (nSPS) is 16.4. The number of piperidine rings is 1. The van der Waals surface area contributed by atoms with E-state index in [1.165, 1.54) is 17.0 Å². The molecule has 1 amide bonds. The average molecular weight is 339 g/mol. The number of hydrogen-bond acceptors (Lipinski definition) is 4. The summed E-state index contributed by atoms with van der Waals surface area (Å²) < 4.78 is 40.7. The fourth-order valence-electron chi connectivity index (χ4n) is 2.89. The van der Waals surface area contributed by atoms with E-state index >= 15 is 0 Å². The number of likely N-dealkylation sites (tertiary alicyclic amines) is 1. The van der Waals surface area contributed by atoms with E-state index in [4.69, 9.17) is 0 Å². The molecule has 1 saturated heterocycles. The van der Waals surface area contributed by atoms with Gasteiger partial charge in [-0.3, -0.25) is 14.5 Å². The third-order valence-corrected chi connectivity index (χ3v) is 4.13. The molecule has 0 unspecified atom stereocenters. The molecule has 6 nitrogen and oxygen atoms in total. The second-order valence-electron chi connectivity index (χ2n) is 5.76. The summed E-state index contributed by atoms with van der Waals surface area (Å²) in [5.41, 5.74) is -1.51. The van der Waals surface area contributed by atoms with Crippen LogP contribution in [0.5, 0.6) is 0 Å². The van der Waals surface area contributed by atoms with Crippen LogP contribution in [0.3, 0.4) is 0 Å². The summed E-state index contributed by atoms with van der Waals surface area (Å²) in [5.74, 6) is -0.290. The van der Waals surface area contributed by atoms with Crippen LogP contribution in [0.4, 0.5) is 13.2 Å². The Kier molecular flexibility index (Phi) is 4.50. The number of halogens is 3. The fraction of sp³-hybridized carbons (Fsp3) is 0.467. The molecule has 3 heterocycles. The van der Waals surface area contributed by atoms with E-state index < -0.39 is 17.8 Å². The SMILES string of the molecule is O=C(c1cccnc1C(F)(F)F)N1CCC(Cn2ccnn2)CC1. The van der Waals surface area contributed by atoms with Gasteiger partial charge < -0.3 is 4.90 Å². The second-order valence-corrected chi connectivity index (χ2v) is 5.76. The molecule has 24 heavy (non-hydrogen) atoms. The lowest BCUT2D eigenvalue weighted by atomic mass is 9.96. The third-order valence-electron chi connectivity index (χ3n) is 4.13. The molecule has 9 heteroatoms. The van der Waals surface area contributed by atoms with Crippen LogP contribution in [0.1, 0.15) is 28.9 Å². The number of carbonyl (C=O) groups is 1.